The van der Waals surface area contributed by atoms with Crippen LogP contribution in [-0.2, 0) is 11.2 Å². The molecule has 1 aromatic heterocycles. The number of para-hydroxylation sites is 1. The highest BCUT2D eigenvalue weighted by atomic mass is 16.4. The third-order valence-corrected chi connectivity index (χ3v) is 2.20. The lowest BCUT2D eigenvalue weighted by Gasteiger charge is -1.92. The number of hydrogen-bond donors (Lipinski definition) is 1. The number of carboxylic acids is 1. The third-order valence-electron chi connectivity index (χ3n) is 2.20. The molecule has 0 spiro atoms. The number of benzene rings is 1. The lowest BCUT2D eigenvalue weighted by atomic mass is 10.1. The van der Waals surface area contributed by atoms with Crippen molar-refractivity contribution in [2.24, 2.45) is 5.29 Å². The molecule has 0 aliphatic rings. The monoisotopic (exact) mass is 204 g/mol. The van der Waals surface area contributed by atoms with E-state index in [0.29, 0.717) is 11.1 Å². The first-order chi connectivity index (χ1) is 7.22. The molecule has 1 aromatic carbocycles. The van der Waals surface area contributed by atoms with Crippen LogP contribution in [0.3, 0.4) is 0 Å². The van der Waals surface area contributed by atoms with Gasteiger partial charge < -0.3 is 5.11 Å². The standard InChI is InChI=1S/C10H8N2O3/c13-10(14)5-7-6-12(11-15)9-4-2-1-3-8(7)9/h1-4,6H,5H2,(H,13,14). The Morgan fingerprint density at radius 3 is 2.80 bits per heavy atom. The number of fused-ring (bicyclic) bond motifs is 1. The molecule has 1 heterocycles. The molecule has 0 unspecified atom stereocenters. The van der Waals surface area contributed by atoms with Crippen molar-refractivity contribution < 1.29 is 9.90 Å². The van der Waals surface area contributed by atoms with Crippen molar-refractivity contribution in [1.82, 2.24) is 4.68 Å². The molecule has 5 nitrogen and oxygen atoms in total. The van der Waals surface area contributed by atoms with Crippen LogP contribution in [-0.4, -0.2) is 15.8 Å². The average molecular weight is 204 g/mol. The lowest BCUT2D eigenvalue weighted by Crippen LogP contribution is -1.98. The SMILES string of the molecule is O=Nn1cc(CC(=O)O)c2ccccc21. The predicted molar refractivity (Wildman–Crippen MR) is 54.5 cm³/mol. The minimum Gasteiger partial charge on any atom is -0.481 e. The van der Waals surface area contributed by atoms with Gasteiger partial charge in [0.15, 0.2) is 0 Å². The van der Waals surface area contributed by atoms with Crippen LogP contribution in [0.5, 0.6) is 0 Å². The second-order valence-electron chi connectivity index (χ2n) is 3.17. The van der Waals surface area contributed by atoms with Gasteiger partial charge in [0.25, 0.3) is 0 Å². The van der Waals surface area contributed by atoms with Crippen molar-refractivity contribution >= 4 is 16.9 Å². The highest BCUT2D eigenvalue weighted by Crippen LogP contribution is 2.21. The molecule has 0 amide bonds. The van der Waals surface area contributed by atoms with Gasteiger partial charge in [-0.2, -0.15) is 0 Å². The molecule has 1 N–H and O–H groups in total. The number of nitroso groups, excluding NO2 is 1. The maximum atomic E-state index is 10.6. The molecular formula is C10H8N2O3. The summed E-state index contributed by atoms with van der Waals surface area (Å²) in [6, 6.07) is 7.06. The molecule has 15 heavy (non-hydrogen) atoms. The van der Waals surface area contributed by atoms with Gasteiger partial charge in [-0.1, -0.05) is 18.2 Å². The Labute approximate surface area is 84.9 Å². The molecule has 0 aliphatic carbocycles. The zero-order chi connectivity index (χ0) is 10.8. The Hall–Kier alpha value is -2.17. The number of carbonyl (C=O) groups is 1. The molecule has 2 aromatic rings. The first-order valence-corrected chi connectivity index (χ1v) is 4.37. The molecule has 0 bridgehead atoms. The zero-order valence-corrected chi connectivity index (χ0v) is 7.75. The van der Waals surface area contributed by atoms with Gasteiger partial charge in [-0.15, -0.1) is 4.91 Å². The van der Waals surface area contributed by atoms with Crippen molar-refractivity contribution in [3.63, 3.8) is 0 Å². The van der Waals surface area contributed by atoms with Gasteiger partial charge in [0.2, 0.25) is 0 Å². The van der Waals surface area contributed by atoms with Gasteiger partial charge in [0, 0.05) is 11.6 Å². The highest BCUT2D eigenvalue weighted by molar-refractivity contribution is 5.87. The van der Waals surface area contributed by atoms with E-state index in [2.05, 4.69) is 5.29 Å². The van der Waals surface area contributed by atoms with E-state index in [1.807, 2.05) is 0 Å². The number of aliphatic carboxylic acids is 1. The summed E-state index contributed by atoms with van der Waals surface area (Å²) in [6.07, 6.45) is 1.34. The molecule has 0 radical (unpaired) electrons. The summed E-state index contributed by atoms with van der Waals surface area (Å²) in [5.74, 6) is -0.927. The van der Waals surface area contributed by atoms with Crippen molar-refractivity contribution in [2.75, 3.05) is 0 Å². The van der Waals surface area contributed by atoms with Crippen LogP contribution in [0.1, 0.15) is 5.56 Å². The number of nitrogens with zero attached hydrogens (tertiary/aromatic N) is 2. The first kappa shape index (κ1) is 9.39. The smallest absolute Gasteiger partial charge is 0.307 e. The Bertz CT molecular complexity index is 530. The van der Waals surface area contributed by atoms with E-state index in [0.717, 1.165) is 10.1 Å². The minimum atomic E-state index is -0.927. The van der Waals surface area contributed by atoms with E-state index in [9.17, 15) is 9.70 Å². The summed E-state index contributed by atoms with van der Waals surface area (Å²) < 4.78 is 1.15. The second-order valence-corrected chi connectivity index (χ2v) is 3.17. The number of hydrogen-bond acceptors (Lipinski definition) is 3. The topological polar surface area (TPSA) is 71.7 Å². The lowest BCUT2D eigenvalue weighted by molar-refractivity contribution is -0.136. The summed E-state index contributed by atoms with van der Waals surface area (Å²) in [5.41, 5.74) is 1.22. The van der Waals surface area contributed by atoms with E-state index in [-0.39, 0.29) is 6.42 Å². The summed E-state index contributed by atoms with van der Waals surface area (Å²) in [7, 11) is 0. The fourth-order valence-corrected chi connectivity index (χ4v) is 1.60. The average Bonchev–Trinajstić information content (AvgIpc) is 2.56. The van der Waals surface area contributed by atoms with Crippen molar-refractivity contribution in [2.45, 2.75) is 6.42 Å². The fraction of sp³-hybridized carbons (Fsp3) is 0.100. The van der Waals surface area contributed by atoms with Crippen LogP contribution in [0.15, 0.2) is 35.7 Å². The maximum absolute atomic E-state index is 10.6. The van der Waals surface area contributed by atoms with Crippen LogP contribution in [0.4, 0.5) is 0 Å². The molecule has 0 fully saturated rings. The highest BCUT2D eigenvalue weighted by Gasteiger charge is 2.10. The summed E-state index contributed by atoms with van der Waals surface area (Å²) in [4.78, 5) is 21.1. The van der Waals surface area contributed by atoms with E-state index in [1.54, 1.807) is 24.3 Å². The van der Waals surface area contributed by atoms with Gasteiger partial charge in [0.05, 0.1) is 17.2 Å². The van der Waals surface area contributed by atoms with Gasteiger partial charge in [-0.3, -0.25) is 4.79 Å². The Kier molecular flexibility index (Phi) is 2.21. The van der Waals surface area contributed by atoms with Crippen LogP contribution in [0.25, 0.3) is 10.9 Å². The van der Waals surface area contributed by atoms with Crippen molar-refractivity contribution in [1.29, 1.82) is 0 Å². The number of aromatic nitrogens is 1. The van der Waals surface area contributed by atoms with Crippen LogP contribution in [0.2, 0.25) is 0 Å². The van der Waals surface area contributed by atoms with Gasteiger partial charge in [-0.25, -0.2) is 4.68 Å². The summed E-state index contributed by atoms with van der Waals surface area (Å²) in [5, 5.41) is 12.2. The molecule has 0 atom stereocenters. The molecule has 0 aliphatic heterocycles. The van der Waals surface area contributed by atoms with Crippen LogP contribution >= 0.6 is 0 Å². The predicted octanol–water partition coefficient (Wildman–Crippen LogP) is 1.80. The fourth-order valence-electron chi connectivity index (χ4n) is 1.60. The molecule has 0 saturated carbocycles. The zero-order valence-electron chi connectivity index (χ0n) is 7.75. The van der Waals surface area contributed by atoms with E-state index < -0.39 is 5.97 Å². The third kappa shape index (κ3) is 1.59. The van der Waals surface area contributed by atoms with E-state index in [4.69, 9.17) is 5.11 Å². The number of rotatable bonds is 3. The van der Waals surface area contributed by atoms with Crippen molar-refractivity contribution in [3.05, 3.63) is 40.9 Å². The molecule has 0 saturated heterocycles. The normalized spacial score (nSPS) is 10.4. The molecule has 2 rings (SSSR count). The van der Waals surface area contributed by atoms with Crippen LogP contribution < -0.4 is 0 Å². The van der Waals surface area contributed by atoms with Gasteiger partial charge in [-0.05, 0) is 11.6 Å². The molecule has 76 valence electrons. The largest absolute Gasteiger partial charge is 0.481 e. The van der Waals surface area contributed by atoms with Crippen LogP contribution in [0, 0.1) is 4.91 Å². The van der Waals surface area contributed by atoms with Gasteiger partial charge >= 0.3 is 5.97 Å². The maximum Gasteiger partial charge on any atom is 0.307 e. The van der Waals surface area contributed by atoms with E-state index in [1.165, 1.54) is 6.20 Å². The van der Waals surface area contributed by atoms with E-state index >= 15 is 0 Å². The Balaban J connectivity index is 2.64. The van der Waals surface area contributed by atoms with Crippen molar-refractivity contribution in [3.8, 4) is 0 Å². The molecule has 5 heteroatoms. The summed E-state index contributed by atoms with van der Waals surface area (Å²) in [6.45, 7) is 0. The Morgan fingerprint density at radius 1 is 1.40 bits per heavy atom. The quantitative estimate of drug-likeness (QED) is 0.775. The minimum absolute atomic E-state index is 0.108. The second kappa shape index (κ2) is 3.53. The van der Waals surface area contributed by atoms with Gasteiger partial charge in [0.1, 0.15) is 0 Å². The number of carboxylic acid groups (broad SMARTS) is 1. The first-order valence-electron chi connectivity index (χ1n) is 4.37. The summed E-state index contributed by atoms with van der Waals surface area (Å²) >= 11 is 0. The molecular weight excluding hydrogens is 196 g/mol. The Morgan fingerprint density at radius 2 is 2.13 bits per heavy atom.